The topological polar surface area (TPSA) is 247 Å². The minimum absolute atomic E-state index is 0. The van der Waals surface area contributed by atoms with Crippen LogP contribution in [0, 0.1) is 3.57 Å². The fourth-order valence-electron chi connectivity index (χ4n) is 17.0. The van der Waals surface area contributed by atoms with Gasteiger partial charge in [0.25, 0.3) is 0 Å². The molecule has 14 heterocycles. The first-order chi connectivity index (χ1) is 64.5. The van der Waals surface area contributed by atoms with Gasteiger partial charge in [-0.25, -0.2) is 29.9 Å². The summed E-state index contributed by atoms with van der Waals surface area (Å²) >= 11 is 14.5. The van der Waals surface area contributed by atoms with E-state index in [9.17, 15) is 14.4 Å². The first-order valence-electron chi connectivity index (χ1n) is 44.3. The molecule has 0 aliphatic heterocycles. The van der Waals surface area contributed by atoms with Gasteiger partial charge in [-0.05, 0) is 174 Å². The molecule has 0 aliphatic carbocycles. The summed E-state index contributed by atoms with van der Waals surface area (Å²) in [5, 5.41) is 28.6. The Hall–Kier alpha value is -12.9. The van der Waals surface area contributed by atoms with Gasteiger partial charge in [0.05, 0.1) is 86.2 Å². The average molecular weight is 1980 g/mol. The van der Waals surface area contributed by atoms with Crippen molar-refractivity contribution in [2.24, 2.45) is 4.30 Å². The molecule has 0 saturated carbocycles. The van der Waals surface area contributed by atoms with Crippen molar-refractivity contribution in [3.8, 4) is 33.9 Å². The Labute approximate surface area is 808 Å². The van der Waals surface area contributed by atoms with E-state index in [2.05, 4.69) is 332 Å². The van der Waals surface area contributed by atoms with Crippen LogP contribution in [-0.2, 0) is 0 Å². The van der Waals surface area contributed by atoms with Crippen LogP contribution in [-0.4, -0.2) is 110 Å². The van der Waals surface area contributed by atoms with E-state index < -0.39 is 14.3 Å². The molecular formula is C107H103B2BrClFIN16O3S. The molecule has 22 rings (SSSR count). The van der Waals surface area contributed by atoms with Crippen LogP contribution in [0.25, 0.3) is 144 Å². The van der Waals surface area contributed by atoms with Crippen LogP contribution >= 0.6 is 62.9 Å². The summed E-state index contributed by atoms with van der Waals surface area (Å²) in [5.41, 5.74) is 26.6. The molecule has 22 aromatic rings. The number of halogens is 4. The second kappa shape index (κ2) is 45.0. The van der Waals surface area contributed by atoms with Gasteiger partial charge in [0, 0.05) is 116 Å². The smallest absolute Gasteiger partial charge is 0.145 e. The van der Waals surface area contributed by atoms with Gasteiger partial charge in [-0.1, -0.05) is 277 Å². The monoisotopic (exact) mass is 1970 g/mol. The molecular weight excluding hydrogens is 1870 g/mol. The molecule has 0 saturated heterocycles. The number of H-pyrrole nitrogens is 1. The second-order valence-corrected chi connectivity index (χ2v) is 35.7. The number of rotatable bonds is 10. The number of hydrogen-bond donors (Lipinski definition) is 4. The Morgan fingerprint density at radius 1 is 0.406 bits per heavy atom. The summed E-state index contributed by atoms with van der Waals surface area (Å²) in [6.07, 6.45) is 22.4. The molecule has 0 unspecified atom stereocenters. The molecule has 1 radical (unpaired) electrons. The van der Waals surface area contributed by atoms with Crippen LogP contribution in [0.15, 0.2) is 326 Å². The second-order valence-electron chi connectivity index (χ2n) is 33.1. The average Bonchev–Trinajstić information content (AvgIpc) is 1.60. The molecule has 0 amide bonds. The predicted molar refractivity (Wildman–Crippen MR) is 565 cm³/mol. The maximum Gasteiger partial charge on any atom is 0.145 e. The molecule has 26 heteroatoms. The SMILES string of the molecule is Brc1cnc2c3ccccc3c3ncccc3n12.CC(C)c1cccc(C(C)C)c1-c1cnc2c3ccccc3c3ncccc3n12.CC(C)c1cccc(C(C)C)c1-c1cnc2c3ccccc3c3ncccc3n12.CC(C)c1cccc(C(C)C)c1B(O)O.Clc1ncccc1I.O.[2H]CF.[B]=NS.c1ccc(-c2ncc[nH]2)cc1.c1ccc2c(c1)c1ncccc1n1ccnc21. The number of fused-ring (bicyclic) bond motifs is 24. The van der Waals surface area contributed by atoms with Crippen LogP contribution in [0.3, 0.4) is 0 Å². The van der Waals surface area contributed by atoms with Crippen LogP contribution in [0.1, 0.15) is 153 Å². The van der Waals surface area contributed by atoms with Gasteiger partial charge in [-0.3, -0.25) is 41.9 Å². The Morgan fingerprint density at radius 2 is 0.737 bits per heavy atom. The van der Waals surface area contributed by atoms with Crippen LogP contribution in [0.5, 0.6) is 0 Å². The van der Waals surface area contributed by atoms with Gasteiger partial charge in [0.15, 0.2) is 0 Å². The summed E-state index contributed by atoms with van der Waals surface area (Å²) in [6.45, 7) is 26.4. The van der Waals surface area contributed by atoms with Crippen molar-refractivity contribution >= 4 is 193 Å². The molecule has 0 atom stereocenters. The maximum atomic E-state index is 9.96. The normalized spacial score (nSPS) is 11.2. The molecule has 14 aromatic heterocycles. The van der Waals surface area contributed by atoms with Crippen molar-refractivity contribution in [2.45, 2.75) is 119 Å². The van der Waals surface area contributed by atoms with Crippen LogP contribution in [0.4, 0.5) is 4.39 Å². The third-order valence-corrected chi connectivity index (χ3v) is 24.9. The third kappa shape index (κ3) is 20.8. The standard InChI is InChI=1S/2C26H25N3.C14H8BrN3.C14H9N3.C12H19BO2.C9H8N2.C5H3ClIN.CH3F.BHNS.H2O/c2*1-16(2)18-11-7-12-19(17(3)4)24(18)23-15-28-26-21-10-6-5-9-20(21)25-22(29(23)26)13-8-14-27-25;15-12-8-17-14-10-5-2-1-4-9(10)13-11(18(12)14)6-3-7-16-13;1-2-5-11-10(4-1)13-12(6-3-7-15-13)17-9-8-16-14(11)17;1-8(2)10-6-5-7-11(9(3)4)12(10)13(14)15;1-2-4-8(5-3-1)9-10-6-7-11-9;6-5-4(7)2-1-3-8-5;1-2;1-2-3;/h2*5-17H,1-4H3;1-8H;1-9H;5-9,14-15H,1-4H3;1-7H,(H,10,11);1-3H;1H3;3H;1H2/i;;;;;;;1D;;. The van der Waals surface area contributed by atoms with E-state index >= 15 is 0 Å². The molecule has 5 N–H and O–H groups in total. The quantitative estimate of drug-likeness (QED) is 0.0328. The first-order valence-corrected chi connectivity index (χ1v) is 46.2. The fraction of sp³-hybridized carbons (Fsp3) is 0.178. The van der Waals surface area contributed by atoms with Crippen molar-refractivity contribution in [1.82, 2.24) is 72.4 Å². The van der Waals surface area contributed by atoms with E-state index in [-0.39, 0.29) is 5.48 Å². The first kappa shape index (κ1) is 96.2. The number of thiol groups is 1. The summed E-state index contributed by atoms with van der Waals surface area (Å²) in [4.78, 5) is 48.2. The van der Waals surface area contributed by atoms with E-state index in [1.807, 2.05) is 171 Å². The van der Waals surface area contributed by atoms with Crippen molar-refractivity contribution < 1.29 is 21.3 Å². The van der Waals surface area contributed by atoms with Crippen molar-refractivity contribution in [3.63, 3.8) is 0 Å². The Kier molecular flexibility index (Phi) is 32.6. The summed E-state index contributed by atoms with van der Waals surface area (Å²) < 4.78 is 28.9. The molecule has 669 valence electrons. The molecule has 8 aromatic carbocycles. The zero-order chi connectivity index (χ0) is 94.1. The molecule has 19 nitrogen and oxygen atoms in total. The van der Waals surface area contributed by atoms with E-state index in [4.69, 9.17) is 32.9 Å². The maximum absolute atomic E-state index is 9.96. The van der Waals surface area contributed by atoms with Gasteiger partial charge in [0.1, 0.15) is 38.2 Å². The van der Waals surface area contributed by atoms with E-state index in [1.165, 1.54) is 33.4 Å². The summed E-state index contributed by atoms with van der Waals surface area (Å²) in [5.74, 6) is 3.25. The Balaban J connectivity index is 0.000000135. The van der Waals surface area contributed by atoms with Crippen molar-refractivity contribution in [1.29, 1.82) is 0 Å². The van der Waals surface area contributed by atoms with Crippen LogP contribution < -0.4 is 5.46 Å². The number of hydrogen-bond acceptors (Lipinski definition) is 14. The van der Waals surface area contributed by atoms with Crippen molar-refractivity contribution in [2.75, 3.05) is 7.15 Å². The minimum Gasteiger partial charge on any atom is -0.345 e. The Morgan fingerprint density at radius 3 is 1.10 bits per heavy atom. The molecule has 0 spiro atoms. The van der Waals surface area contributed by atoms with Crippen LogP contribution in [0.2, 0.25) is 5.15 Å². The molecule has 0 aliphatic rings. The number of aromatic nitrogens is 15. The summed E-state index contributed by atoms with van der Waals surface area (Å²) in [7, 11) is 1.96. The van der Waals surface area contributed by atoms with E-state index in [0.717, 1.165) is 152 Å². The number of nitrogens with zero attached hydrogens (tertiary/aromatic N) is 15. The number of imidazole rings is 5. The third-order valence-electron chi connectivity index (χ3n) is 22.9. The van der Waals surface area contributed by atoms with Gasteiger partial charge in [-0.15, -0.1) is 0 Å². The zero-order valence-electron chi connectivity index (χ0n) is 76.9. The number of nitrogens with one attached hydrogen (secondary N) is 1. The largest absolute Gasteiger partial charge is 0.345 e. The molecule has 0 bridgehead atoms. The number of aromatic amines is 1. The van der Waals surface area contributed by atoms with Gasteiger partial charge >= 0.3 is 31.9 Å². The van der Waals surface area contributed by atoms with E-state index in [0.29, 0.717) is 46.1 Å². The molecule has 133 heavy (non-hydrogen) atoms. The van der Waals surface area contributed by atoms with Gasteiger partial charge < -0.3 is 20.5 Å². The molecule has 0 fully saturated rings. The summed E-state index contributed by atoms with van der Waals surface area (Å²) in [6, 6.07) is 82.8. The van der Waals surface area contributed by atoms with Crippen molar-refractivity contribution in [3.05, 3.63) is 364 Å². The number of pyridine rings is 9. The predicted octanol–water partition coefficient (Wildman–Crippen LogP) is 26.7. The van der Waals surface area contributed by atoms with E-state index in [1.54, 1.807) is 12.4 Å². The number of alkyl halides is 1. The minimum atomic E-state index is -1.37. The van der Waals surface area contributed by atoms with Gasteiger partial charge in [0.2, 0.25) is 0 Å². The zero-order valence-corrected chi connectivity index (χ0v) is 81.3. The van der Waals surface area contributed by atoms with Gasteiger partial charge in [-0.2, -0.15) is 0 Å². The Bertz CT molecular complexity index is 7420. The fourth-order valence-corrected chi connectivity index (χ4v) is 18.0. The number of benzene rings is 8.